The first-order valence-electron chi connectivity index (χ1n) is 25.9. The number of nitrogens with two attached hydrogens (primary N) is 1. The second-order valence-corrected chi connectivity index (χ2v) is 18.8. The molecule has 78 heavy (non-hydrogen) atoms. The first-order valence-corrected chi connectivity index (χ1v) is 26.3. The first-order chi connectivity index (χ1) is 38.5. The number of aromatic nitrogens is 10. The monoisotopic (exact) mass is 1040 g/mol. The van der Waals surface area contributed by atoms with E-state index >= 15 is 0 Å². The van der Waals surface area contributed by atoms with Crippen LogP contribution in [0.5, 0.6) is 0 Å². The van der Waals surface area contributed by atoms with Crippen molar-refractivity contribution in [3.05, 3.63) is 225 Å². The van der Waals surface area contributed by atoms with Crippen molar-refractivity contribution in [2.45, 2.75) is 12.8 Å². The smallest absolute Gasteiger partial charge is 0.241 e. The number of ether oxygens (including phenoxy) is 1. The summed E-state index contributed by atoms with van der Waals surface area (Å²) in [4.78, 5) is 28.8. The summed E-state index contributed by atoms with van der Waals surface area (Å²) in [7, 11) is 0. The lowest BCUT2D eigenvalue weighted by Gasteiger charge is -2.12. The summed E-state index contributed by atoms with van der Waals surface area (Å²) in [6, 6.07) is 66.5. The van der Waals surface area contributed by atoms with Crippen molar-refractivity contribution in [1.29, 1.82) is 0 Å². The molecule has 1 aliphatic heterocycles. The fourth-order valence-corrected chi connectivity index (χ4v) is 10.5. The number of nitrogens with one attached hydrogen (secondary N) is 1. The maximum absolute atomic E-state index is 6.50. The summed E-state index contributed by atoms with van der Waals surface area (Å²) in [5.74, 6) is 2.60. The van der Waals surface area contributed by atoms with Crippen LogP contribution >= 0.6 is 11.6 Å². The Balaban J connectivity index is 0.000000135. The quantitative estimate of drug-likeness (QED) is 0.142. The second kappa shape index (κ2) is 22.0. The van der Waals surface area contributed by atoms with Crippen LogP contribution in [0.3, 0.4) is 0 Å². The third kappa shape index (κ3) is 9.15. The number of anilines is 1. The van der Waals surface area contributed by atoms with Crippen molar-refractivity contribution in [1.82, 2.24) is 48.2 Å². The molecular weight excluding hydrogens is 988 g/mol. The number of halogens is 1. The Morgan fingerprint density at radius 2 is 0.641 bits per heavy atom. The zero-order valence-corrected chi connectivity index (χ0v) is 43.4. The molecule has 0 spiro atoms. The van der Waals surface area contributed by atoms with Gasteiger partial charge in [0.15, 0.2) is 0 Å². The highest BCUT2D eigenvalue weighted by atomic mass is 35.5. The van der Waals surface area contributed by atoms with E-state index in [1.807, 2.05) is 72.8 Å². The number of rotatable bonds is 8. The standard InChI is InChI=1S/C30H22N6.C27H16ClN5.C4H8O.C3H7N/c1-2-19-31-28-32-29(35-24-15-7-3-11-20(24)21-12-4-8-16-25(21)35)34-30(33-28)36-26-17-9-5-13-22(26)23-14-6-10-18-27(23)36;28-25-29-26(32-21-13-5-1-9-17(21)18-10-2-6-14-22(18)32)31-27(30-25)33-23-15-7-3-11-19(23)20-12-4-8-16-24(20)33;1-2-4-5-3-1;1-2-3-4/h2-18H,1,19H2,(H,31,32,33,34);1-16H;1-4H2;2H,1,3-4H2. The van der Waals surface area contributed by atoms with Gasteiger partial charge in [-0.25, -0.2) is 0 Å². The number of para-hydroxylation sites is 8. The van der Waals surface area contributed by atoms with Crippen molar-refractivity contribution in [3.8, 4) is 23.8 Å². The Bertz CT molecular complexity index is 4030. The molecule has 14 aromatic rings. The minimum atomic E-state index is 0.152. The number of hydrogen-bond acceptors (Lipinski definition) is 9. The molecule has 13 nitrogen and oxygen atoms in total. The van der Waals surface area contributed by atoms with Crippen molar-refractivity contribution in [3.63, 3.8) is 0 Å². The van der Waals surface area contributed by atoms with E-state index in [1.54, 1.807) is 12.2 Å². The van der Waals surface area contributed by atoms with Crippen LogP contribution in [0, 0.1) is 0 Å². The summed E-state index contributed by atoms with van der Waals surface area (Å²) in [5, 5.41) is 12.6. The van der Waals surface area contributed by atoms with Gasteiger partial charge in [0.05, 0.1) is 44.1 Å². The molecule has 1 saturated heterocycles. The van der Waals surface area contributed by atoms with Gasteiger partial charge in [-0.2, -0.15) is 29.9 Å². The Morgan fingerprint density at radius 1 is 0.397 bits per heavy atom. The van der Waals surface area contributed by atoms with E-state index in [-0.39, 0.29) is 5.28 Å². The van der Waals surface area contributed by atoms with E-state index in [9.17, 15) is 0 Å². The highest BCUT2D eigenvalue weighted by Gasteiger charge is 2.21. The van der Waals surface area contributed by atoms with E-state index in [2.05, 4.69) is 168 Å². The van der Waals surface area contributed by atoms with Gasteiger partial charge in [0, 0.05) is 69.4 Å². The minimum absolute atomic E-state index is 0.152. The lowest BCUT2D eigenvalue weighted by molar-refractivity contribution is 0.198. The highest BCUT2D eigenvalue weighted by Crippen LogP contribution is 2.36. The van der Waals surface area contributed by atoms with Crippen LogP contribution in [0.15, 0.2) is 219 Å². The lowest BCUT2D eigenvalue weighted by atomic mass is 10.2. The lowest BCUT2D eigenvalue weighted by Crippen LogP contribution is -2.13. The Hall–Kier alpha value is -9.53. The Morgan fingerprint density at radius 3 is 0.859 bits per heavy atom. The molecule has 8 aromatic carbocycles. The van der Waals surface area contributed by atoms with E-state index in [0.29, 0.717) is 42.8 Å². The fourth-order valence-electron chi connectivity index (χ4n) is 10.4. The topological polar surface area (TPSA) is 144 Å². The minimum Gasteiger partial charge on any atom is -0.381 e. The van der Waals surface area contributed by atoms with Crippen LogP contribution in [-0.4, -0.2) is 74.5 Å². The van der Waals surface area contributed by atoms with Gasteiger partial charge in [-0.3, -0.25) is 18.3 Å². The highest BCUT2D eigenvalue weighted by molar-refractivity contribution is 6.28. The molecule has 0 aliphatic carbocycles. The molecule has 3 N–H and O–H groups in total. The van der Waals surface area contributed by atoms with Gasteiger partial charge in [0.25, 0.3) is 0 Å². The second-order valence-electron chi connectivity index (χ2n) is 18.5. The van der Waals surface area contributed by atoms with Crippen molar-refractivity contribution >= 4 is 105 Å². The number of benzene rings is 8. The normalized spacial score (nSPS) is 12.2. The fraction of sp³-hybridized carbons (Fsp3) is 0.0938. The molecule has 6 aromatic heterocycles. The van der Waals surface area contributed by atoms with Crippen LogP contribution < -0.4 is 11.1 Å². The van der Waals surface area contributed by atoms with Crippen LogP contribution in [-0.2, 0) is 4.74 Å². The summed E-state index contributed by atoms with van der Waals surface area (Å²) >= 11 is 6.50. The summed E-state index contributed by atoms with van der Waals surface area (Å²) < 4.78 is 13.3. The van der Waals surface area contributed by atoms with E-state index in [4.69, 9.17) is 42.0 Å². The van der Waals surface area contributed by atoms with Crippen molar-refractivity contribution < 1.29 is 4.74 Å². The zero-order chi connectivity index (χ0) is 53.0. The summed E-state index contributed by atoms with van der Waals surface area (Å²) in [6.45, 7) is 10.3. The van der Waals surface area contributed by atoms with E-state index in [1.165, 1.54) is 12.8 Å². The van der Waals surface area contributed by atoms with Gasteiger partial charge in [0.1, 0.15) is 0 Å². The van der Waals surface area contributed by atoms with Gasteiger partial charge >= 0.3 is 0 Å². The molecule has 0 unspecified atom stereocenters. The molecule has 0 saturated carbocycles. The molecule has 15 rings (SSSR count). The van der Waals surface area contributed by atoms with Gasteiger partial charge in [-0.1, -0.05) is 158 Å². The largest absolute Gasteiger partial charge is 0.381 e. The molecule has 0 bridgehead atoms. The van der Waals surface area contributed by atoms with E-state index < -0.39 is 0 Å². The molecular formula is C64H53ClN12O. The van der Waals surface area contributed by atoms with Crippen LogP contribution in [0.1, 0.15) is 12.8 Å². The Labute approximate surface area is 454 Å². The molecule has 1 aliphatic rings. The van der Waals surface area contributed by atoms with Gasteiger partial charge < -0.3 is 15.8 Å². The molecule has 14 heteroatoms. The summed E-state index contributed by atoms with van der Waals surface area (Å²) in [6.07, 6.45) is 6.00. The average molecular weight is 1040 g/mol. The van der Waals surface area contributed by atoms with Crippen molar-refractivity contribution in [2.75, 3.05) is 31.6 Å². The first kappa shape index (κ1) is 49.4. The average Bonchev–Trinajstić information content (AvgIpc) is 4.48. The molecule has 382 valence electrons. The van der Waals surface area contributed by atoms with Gasteiger partial charge in [0.2, 0.25) is 35.0 Å². The van der Waals surface area contributed by atoms with Gasteiger partial charge in [-0.15, -0.1) is 13.2 Å². The van der Waals surface area contributed by atoms with Crippen LogP contribution in [0.25, 0.3) is 111 Å². The molecule has 1 fully saturated rings. The summed E-state index contributed by atoms with van der Waals surface area (Å²) in [5.41, 5.74) is 13.2. The number of nitrogens with zero attached hydrogens (tertiary/aromatic N) is 10. The van der Waals surface area contributed by atoms with Crippen molar-refractivity contribution in [2.24, 2.45) is 5.73 Å². The Kier molecular flexibility index (Phi) is 13.9. The maximum Gasteiger partial charge on any atom is 0.241 e. The maximum atomic E-state index is 6.50. The molecule has 0 amide bonds. The van der Waals surface area contributed by atoms with E-state index in [0.717, 1.165) is 100 Å². The zero-order valence-electron chi connectivity index (χ0n) is 42.6. The predicted octanol–water partition coefficient (Wildman–Crippen LogP) is 14.3. The van der Waals surface area contributed by atoms with Gasteiger partial charge in [-0.05, 0) is 73.0 Å². The molecule has 0 atom stereocenters. The predicted molar refractivity (Wildman–Crippen MR) is 320 cm³/mol. The third-order valence-electron chi connectivity index (χ3n) is 13.7. The molecule has 0 radical (unpaired) electrons. The van der Waals surface area contributed by atoms with Crippen LogP contribution in [0.2, 0.25) is 5.28 Å². The third-order valence-corrected chi connectivity index (χ3v) is 13.9. The number of fused-ring (bicyclic) bond motifs is 12. The van der Waals surface area contributed by atoms with Crippen LogP contribution in [0.4, 0.5) is 5.95 Å². The number of hydrogen-bond donors (Lipinski definition) is 2. The SMILES string of the molecule is C1CCOC1.C=CCN.C=CCNc1nc(-n2c3ccccc3c3ccccc32)nc(-n2c3ccccc3c3ccccc32)n1.Clc1nc(-n2c3ccccc3c3ccccc32)nc(-n2c3ccccc3c3ccccc32)n1. The molecule has 7 heterocycles.